The van der Waals surface area contributed by atoms with E-state index in [1.807, 2.05) is 0 Å². The van der Waals surface area contributed by atoms with E-state index >= 15 is 0 Å². The van der Waals surface area contributed by atoms with Gasteiger partial charge in [-0.15, -0.1) is 0 Å². The van der Waals surface area contributed by atoms with Crippen molar-refractivity contribution in [1.29, 1.82) is 0 Å². The lowest BCUT2D eigenvalue weighted by Gasteiger charge is -2.48. The van der Waals surface area contributed by atoms with Gasteiger partial charge in [0.1, 0.15) is 0 Å². The molecule has 0 bridgehead atoms. The molecule has 0 aromatic rings. The summed E-state index contributed by atoms with van der Waals surface area (Å²) in [6.45, 7) is 27.9. The van der Waals surface area contributed by atoms with Gasteiger partial charge in [-0.2, -0.15) is 23.5 Å². The van der Waals surface area contributed by atoms with E-state index in [2.05, 4.69) is 98.5 Å². The average Bonchev–Trinajstić information content (AvgIpc) is 3.39. The van der Waals surface area contributed by atoms with Crippen LogP contribution in [0.4, 0.5) is 0 Å². The maximum atomic E-state index is 11.2. The van der Waals surface area contributed by atoms with Crippen molar-refractivity contribution >= 4 is 23.5 Å². The number of aliphatic hydroxyl groups excluding tert-OH is 4. The Labute approximate surface area is 497 Å². The number of thioether (sulfide) groups is 2. The van der Waals surface area contributed by atoms with Crippen molar-refractivity contribution in [1.82, 2.24) is 19.6 Å². The van der Waals surface area contributed by atoms with E-state index in [1.165, 1.54) is 193 Å². The molecule has 6 unspecified atom stereocenters. The van der Waals surface area contributed by atoms with Gasteiger partial charge in [-0.1, -0.05) is 261 Å². The molecule has 468 valence electrons. The highest BCUT2D eigenvalue weighted by atomic mass is 32.2. The smallest absolute Gasteiger partial charge is 0.0667 e. The summed E-state index contributed by atoms with van der Waals surface area (Å²) in [6.07, 6.45) is 46.0. The maximum absolute atomic E-state index is 11.2. The van der Waals surface area contributed by atoms with Crippen molar-refractivity contribution in [3.63, 3.8) is 0 Å². The van der Waals surface area contributed by atoms with Crippen LogP contribution in [0.25, 0.3) is 0 Å². The van der Waals surface area contributed by atoms with Crippen LogP contribution in [0, 0.1) is 11.8 Å². The Morgan fingerprint density at radius 3 is 0.808 bits per heavy atom. The fraction of sp³-hybridized carbons (Fsp3) is 1.00. The first-order chi connectivity index (χ1) is 37.9. The molecule has 10 heteroatoms. The summed E-state index contributed by atoms with van der Waals surface area (Å²) in [5.74, 6) is 5.68. The average molecular weight is 1140 g/mol. The zero-order valence-electron chi connectivity index (χ0n) is 53.8. The molecule has 1 fully saturated rings. The first-order valence-electron chi connectivity index (χ1n) is 34.7. The molecule has 1 aliphatic heterocycles. The van der Waals surface area contributed by atoms with E-state index in [4.69, 9.17) is 0 Å². The Hall–Kier alpha value is 0.380. The van der Waals surface area contributed by atoms with E-state index in [9.17, 15) is 20.4 Å². The van der Waals surface area contributed by atoms with Crippen molar-refractivity contribution in [2.75, 3.05) is 88.5 Å². The highest BCUT2D eigenvalue weighted by Gasteiger charge is 2.34. The first-order valence-corrected chi connectivity index (χ1v) is 37.0. The van der Waals surface area contributed by atoms with Gasteiger partial charge in [-0.3, -0.25) is 19.6 Å². The Morgan fingerprint density at radius 1 is 0.346 bits per heavy atom. The fourth-order valence-electron chi connectivity index (χ4n) is 12.2. The molecule has 8 nitrogen and oxygen atoms in total. The van der Waals surface area contributed by atoms with E-state index in [0.717, 1.165) is 114 Å². The van der Waals surface area contributed by atoms with Gasteiger partial charge in [0.15, 0.2) is 0 Å². The predicted molar refractivity (Wildman–Crippen MR) is 350 cm³/mol. The van der Waals surface area contributed by atoms with E-state index in [0.29, 0.717) is 50.1 Å². The molecular weight excluding hydrogens is 1000 g/mol. The third kappa shape index (κ3) is 46.7. The number of rotatable bonds is 60. The zero-order chi connectivity index (χ0) is 57.1. The molecule has 1 heterocycles. The Bertz CT molecular complexity index is 1080. The lowest BCUT2D eigenvalue weighted by molar-refractivity contribution is 0.0193. The van der Waals surface area contributed by atoms with Crippen LogP contribution < -0.4 is 0 Å². The molecule has 0 amide bonds. The second-order valence-electron chi connectivity index (χ2n) is 26.0. The van der Waals surface area contributed by atoms with Gasteiger partial charge in [0.2, 0.25) is 0 Å². The topological polar surface area (TPSA) is 93.9 Å². The van der Waals surface area contributed by atoms with Crippen molar-refractivity contribution in [3.8, 4) is 0 Å². The molecule has 1 rings (SSSR count). The molecular formula is C68H140N4O4S2. The maximum Gasteiger partial charge on any atom is 0.0667 e. The molecule has 0 saturated carbocycles. The lowest BCUT2D eigenvalue weighted by atomic mass is 9.94. The first kappa shape index (κ1) is 76.4. The highest BCUT2D eigenvalue weighted by Crippen LogP contribution is 2.26. The minimum Gasteiger partial charge on any atom is -0.392 e. The van der Waals surface area contributed by atoms with E-state index in [1.54, 1.807) is 0 Å². The summed E-state index contributed by atoms with van der Waals surface area (Å²) in [6, 6.07) is 1.16. The van der Waals surface area contributed by atoms with Crippen molar-refractivity contribution < 1.29 is 20.4 Å². The van der Waals surface area contributed by atoms with Gasteiger partial charge >= 0.3 is 0 Å². The monoisotopic (exact) mass is 1140 g/mol. The molecule has 6 atom stereocenters. The highest BCUT2D eigenvalue weighted by molar-refractivity contribution is 7.99. The number of aliphatic hydroxyl groups is 4. The largest absolute Gasteiger partial charge is 0.392 e. The number of nitrogens with zero attached hydrogens (tertiary/aromatic N) is 4. The second kappa shape index (κ2) is 55.3. The predicted octanol–water partition coefficient (Wildman–Crippen LogP) is 17.1. The number of piperazine rings is 1. The summed E-state index contributed by atoms with van der Waals surface area (Å²) in [4.78, 5) is 10.5. The van der Waals surface area contributed by atoms with Crippen LogP contribution in [0.5, 0.6) is 0 Å². The van der Waals surface area contributed by atoms with Crippen molar-refractivity contribution in [2.24, 2.45) is 11.8 Å². The van der Waals surface area contributed by atoms with Crippen LogP contribution >= 0.6 is 23.5 Å². The summed E-state index contributed by atoms with van der Waals surface area (Å²) < 4.78 is 0. The quantitative estimate of drug-likeness (QED) is 0.0441. The van der Waals surface area contributed by atoms with E-state index < -0.39 is 0 Å². The van der Waals surface area contributed by atoms with Gasteiger partial charge in [-0.05, 0) is 50.4 Å². The van der Waals surface area contributed by atoms with Crippen LogP contribution in [0.1, 0.15) is 299 Å². The van der Waals surface area contributed by atoms with E-state index in [-0.39, 0.29) is 24.4 Å². The zero-order valence-corrected chi connectivity index (χ0v) is 55.4. The van der Waals surface area contributed by atoms with Crippen LogP contribution in [0.2, 0.25) is 0 Å². The lowest BCUT2D eigenvalue weighted by Crippen LogP contribution is -2.59. The minimum atomic E-state index is -0.314. The van der Waals surface area contributed by atoms with Crippen LogP contribution in [0.15, 0.2) is 0 Å². The molecule has 0 aliphatic carbocycles. The van der Waals surface area contributed by atoms with Crippen LogP contribution in [-0.2, 0) is 0 Å². The normalized spacial score (nSPS) is 17.4. The molecule has 1 saturated heterocycles. The summed E-state index contributed by atoms with van der Waals surface area (Å²) in [7, 11) is 0. The SMILES string of the molecule is CCCCCCCCCCC(O)CN(CCSCCN1CC(CC(C)C)N(CCSCCN(CC(O)CCCCCCCCCC)CC(O)CCCCCCCCCC)CC1CC(C)C)CC(O)CCCCCCCCCC. The molecule has 0 radical (unpaired) electrons. The molecule has 4 N–H and O–H groups in total. The van der Waals surface area contributed by atoms with Gasteiger partial charge in [-0.25, -0.2) is 0 Å². The summed E-state index contributed by atoms with van der Waals surface area (Å²) in [5, 5.41) is 44.9. The molecule has 1 aliphatic rings. The van der Waals surface area contributed by atoms with Gasteiger partial charge in [0.05, 0.1) is 24.4 Å². The third-order valence-electron chi connectivity index (χ3n) is 17.0. The number of hydrogen-bond donors (Lipinski definition) is 4. The Balaban J connectivity index is 2.81. The Morgan fingerprint density at radius 2 is 0.577 bits per heavy atom. The standard InChI is InChI=1S/C68H140N4O4S2/c1-9-13-17-21-25-29-33-37-41-65(73)57-69(58-66(74)42-38-34-30-26-22-18-14-10-2)45-49-77-51-47-71-55-64(54-62(7)8)72(56-63(71)53-61(5)6)48-52-78-50-46-70(59-67(75)43-39-35-31-27-23-19-15-11-3)60-68(76)44-40-36-32-28-24-20-16-12-4/h61-68,73-76H,9-60H2,1-8H3. The van der Waals surface area contributed by atoms with Crippen molar-refractivity contribution in [3.05, 3.63) is 0 Å². The molecule has 78 heavy (non-hydrogen) atoms. The number of unbranched alkanes of at least 4 members (excludes halogenated alkanes) is 28. The Kier molecular flexibility index (Phi) is 54.1. The fourth-order valence-corrected chi connectivity index (χ4v) is 14.1. The third-order valence-corrected chi connectivity index (χ3v) is 18.9. The second-order valence-corrected chi connectivity index (χ2v) is 28.4. The van der Waals surface area contributed by atoms with Crippen LogP contribution in [0.3, 0.4) is 0 Å². The molecule has 0 aromatic heterocycles. The molecule has 0 spiro atoms. The van der Waals surface area contributed by atoms with Crippen molar-refractivity contribution in [2.45, 2.75) is 336 Å². The minimum absolute atomic E-state index is 0.314. The summed E-state index contributed by atoms with van der Waals surface area (Å²) in [5.41, 5.74) is 0. The van der Waals surface area contributed by atoms with Gasteiger partial charge in [0.25, 0.3) is 0 Å². The van der Waals surface area contributed by atoms with Crippen LogP contribution in [-0.4, -0.2) is 165 Å². The van der Waals surface area contributed by atoms with Gasteiger partial charge in [0, 0.05) is 101 Å². The number of hydrogen-bond acceptors (Lipinski definition) is 10. The molecule has 0 aromatic carbocycles. The summed E-state index contributed by atoms with van der Waals surface area (Å²) >= 11 is 4.15. The van der Waals surface area contributed by atoms with Gasteiger partial charge < -0.3 is 20.4 Å².